The largest absolute Gasteiger partial charge is 0.383 e. The summed E-state index contributed by atoms with van der Waals surface area (Å²) in [5, 5.41) is 6.19. The van der Waals surface area contributed by atoms with E-state index in [2.05, 4.69) is 17.6 Å². The molecule has 0 heterocycles. The Morgan fingerprint density at radius 2 is 2.00 bits per heavy atom. The van der Waals surface area contributed by atoms with Crippen LogP contribution in [0, 0.1) is 5.92 Å². The third kappa shape index (κ3) is 7.33. The summed E-state index contributed by atoms with van der Waals surface area (Å²) in [4.78, 5) is 11.2. The lowest BCUT2D eigenvalue weighted by Gasteiger charge is -2.16. The van der Waals surface area contributed by atoms with Crippen molar-refractivity contribution in [3.05, 3.63) is 0 Å². The first-order valence-corrected chi connectivity index (χ1v) is 5.61. The second-order valence-electron chi connectivity index (χ2n) is 3.96. The van der Waals surface area contributed by atoms with Crippen molar-refractivity contribution >= 4 is 5.91 Å². The van der Waals surface area contributed by atoms with Gasteiger partial charge >= 0.3 is 0 Å². The minimum absolute atomic E-state index is 0.0611. The maximum atomic E-state index is 11.2. The third-order valence-corrected chi connectivity index (χ3v) is 2.24. The highest BCUT2D eigenvalue weighted by molar-refractivity contribution is 5.77. The average molecular weight is 216 g/mol. The van der Waals surface area contributed by atoms with Gasteiger partial charge < -0.3 is 15.4 Å². The maximum Gasteiger partial charge on any atom is 0.222 e. The summed E-state index contributed by atoms with van der Waals surface area (Å²) >= 11 is 0. The van der Waals surface area contributed by atoms with Gasteiger partial charge in [0.25, 0.3) is 0 Å². The third-order valence-electron chi connectivity index (χ3n) is 2.24. The van der Waals surface area contributed by atoms with Crippen LogP contribution in [0.1, 0.15) is 27.2 Å². The van der Waals surface area contributed by atoms with Crippen LogP contribution in [0.3, 0.4) is 0 Å². The van der Waals surface area contributed by atoms with Crippen molar-refractivity contribution in [1.82, 2.24) is 10.6 Å². The zero-order valence-corrected chi connectivity index (χ0v) is 10.3. The van der Waals surface area contributed by atoms with Crippen molar-refractivity contribution in [2.75, 3.05) is 26.8 Å². The topological polar surface area (TPSA) is 50.4 Å². The van der Waals surface area contributed by atoms with Gasteiger partial charge in [-0.3, -0.25) is 4.79 Å². The Morgan fingerprint density at radius 3 is 2.47 bits per heavy atom. The van der Waals surface area contributed by atoms with E-state index in [1.165, 1.54) is 0 Å². The molecular weight excluding hydrogens is 192 g/mol. The van der Waals surface area contributed by atoms with Gasteiger partial charge in [-0.1, -0.05) is 20.8 Å². The van der Waals surface area contributed by atoms with E-state index >= 15 is 0 Å². The Hall–Kier alpha value is -0.610. The summed E-state index contributed by atoms with van der Waals surface area (Å²) in [7, 11) is 1.70. The molecule has 0 saturated heterocycles. The lowest BCUT2D eigenvalue weighted by Crippen LogP contribution is -2.39. The van der Waals surface area contributed by atoms with E-state index in [0.717, 1.165) is 13.0 Å². The fourth-order valence-corrected chi connectivity index (χ4v) is 1.19. The number of rotatable bonds is 8. The van der Waals surface area contributed by atoms with Crippen molar-refractivity contribution in [2.24, 2.45) is 5.92 Å². The summed E-state index contributed by atoms with van der Waals surface area (Å²) in [5.41, 5.74) is 0. The normalized spacial score (nSPS) is 12.9. The lowest BCUT2D eigenvalue weighted by atomic mass is 10.2. The molecule has 15 heavy (non-hydrogen) atoms. The number of methoxy groups -OCH3 is 1. The molecule has 0 bridgehead atoms. The summed E-state index contributed by atoms with van der Waals surface area (Å²) < 4.78 is 5.06. The predicted molar refractivity (Wildman–Crippen MR) is 61.8 cm³/mol. The highest BCUT2D eigenvalue weighted by Gasteiger charge is 2.06. The second-order valence-corrected chi connectivity index (χ2v) is 3.96. The van der Waals surface area contributed by atoms with Crippen molar-refractivity contribution in [3.8, 4) is 0 Å². The molecule has 1 atom stereocenters. The molecule has 0 fully saturated rings. The zero-order valence-electron chi connectivity index (χ0n) is 10.3. The van der Waals surface area contributed by atoms with Crippen molar-refractivity contribution in [2.45, 2.75) is 33.2 Å². The number of hydrogen-bond acceptors (Lipinski definition) is 3. The standard InChI is InChI=1S/C11H24N2O2/c1-5-10(8-15-4)12-6-7-13-11(14)9(2)3/h9-10,12H,5-8H2,1-4H3,(H,13,14). The van der Waals surface area contributed by atoms with E-state index in [4.69, 9.17) is 4.74 Å². The molecule has 0 rings (SSSR count). The monoisotopic (exact) mass is 216 g/mol. The number of carbonyl (C=O) groups excluding carboxylic acids is 1. The fraction of sp³-hybridized carbons (Fsp3) is 0.909. The van der Waals surface area contributed by atoms with Crippen LogP contribution in [0.25, 0.3) is 0 Å². The summed E-state index contributed by atoms with van der Waals surface area (Å²) in [6, 6.07) is 0.381. The number of carbonyl (C=O) groups is 1. The Labute approximate surface area is 92.8 Å². The minimum atomic E-state index is 0.0611. The van der Waals surface area contributed by atoms with Crippen molar-refractivity contribution < 1.29 is 9.53 Å². The van der Waals surface area contributed by atoms with Crippen molar-refractivity contribution in [1.29, 1.82) is 0 Å². The molecule has 4 nitrogen and oxygen atoms in total. The molecule has 0 aromatic carbocycles. The van der Waals surface area contributed by atoms with Crippen LogP contribution >= 0.6 is 0 Å². The zero-order chi connectivity index (χ0) is 11.7. The van der Waals surface area contributed by atoms with E-state index in [-0.39, 0.29) is 11.8 Å². The van der Waals surface area contributed by atoms with Crippen LogP contribution < -0.4 is 10.6 Å². The van der Waals surface area contributed by atoms with Crippen molar-refractivity contribution in [3.63, 3.8) is 0 Å². The smallest absolute Gasteiger partial charge is 0.222 e. The first kappa shape index (κ1) is 14.4. The van der Waals surface area contributed by atoms with Gasteiger partial charge in [0.1, 0.15) is 0 Å². The number of hydrogen-bond donors (Lipinski definition) is 2. The molecule has 0 aliphatic rings. The first-order chi connectivity index (χ1) is 7.11. The molecule has 1 unspecified atom stereocenters. The Kier molecular flexibility index (Phi) is 8.33. The van der Waals surface area contributed by atoms with Gasteiger partial charge in [0.05, 0.1) is 6.61 Å². The number of amides is 1. The molecule has 0 aromatic heterocycles. The molecule has 2 N–H and O–H groups in total. The predicted octanol–water partition coefficient (Wildman–Crippen LogP) is 0.773. The van der Waals surface area contributed by atoms with Gasteiger partial charge in [0.2, 0.25) is 5.91 Å². The van der Waals surface area contributed by atoms with Gasteiger partial charge in [-0.15, -0.1) is 0 Å². The van der Waals surface area contributed by atoms with Gasteiger partial charge in [0, 0.05) is 32.2 Å². The molecule has 0 aromatic rings. The Morgan fingerprint density at radius 1 is 1.33 bits per heavy atom. The van der Waals surface area contributed by atoms with E-state index in [9.17, 15) is 4.79 Å². The summed E-state index contributed by atoms with van der Waals surface area (Å²) in [6.07, 6.45) is 1.03. The Bertz CT molecular complexity index is 172. The highest BCUT2D eigenvalue weighted by Crippen LogP contribution is 1.91. The summed E-state index contributed by atoms with van der Waals surface area (Å²) in [5.74, 6) is 0.169. The first-order valence-electron chi connectivity index (χ1n) is 5.61. The molecule has 90 valence electrons. The highest BCUT2D eigenvalue weighted by atomic mass is 16.5. The molecule has 0 saturated carbocycles. The second kappa shape index (κ2) is 8.68. The van der Waals surface area contributed by atoms with Crippen LogP contribution in [-0.2, 0) is 9.53 Å². The van der Waals surface area contributed by atoms with Gasteiger partial charge in [0.15, 0.2) is 0 Å². The molecule has 0 aliphatic carbocycles. The number of ether oxygens (including phenoxy) is 1. The van der Waals surface area contributed by atoms with E-state index in [1.54, 1.807) is 7.11 Å². The van der Waals surface area contributed by atoms with Gasteiger partial charge in [-0.05, 0) is 6.42 Å². The van der Waals surface area contributed by atoms with Crippen LogP contribution in [-0.4, -0.2) is 38.8 Å². The minimum Gasteiger partial charge on any atom is -0.383 e. The van der Waals surface area contributed by atoms with Gasteiger partial charge in [-0.25, -0.2) is 0 Å². The van der Waals surface area contributed by atoms with Crippen LogP contribution in [0.15, 0.2) is 0 Å². The maximum absolute atomic E-state index is 11.2. The number of nitrogens with one attached hydrogen (secondary N) is 2. The van der Waals surface area contributed by atoms with Crippen LogP contribution in [0.4, 0.5) is 0 Å². The molecule has 0 aliphatic heterocycles. The summed E-state index contributed by atoms with van der Waals surface area (Å²) in [6.45, 7) is 8.08. The van der Waals surface area contributed by atoms with E-state index in [0.29, 0.717) is 19.2 Å². The van der Waals surface area contributed by atoms with Crippen LogP contribution in [0.5, 0.6) is 0 Å². The molecule has 0 spiro atoms. The fourth-order valence-electron chi connectivity index (χ4n) is 1.19. The molecular formula is C11H24N2O2. The quantitative estimate of drug-likeness (QED) is 0.589. The van der Waals surface area contributed by atoms with E-state index in [1.807, 2.05) is 13.8 Å². The van der Waals surface area contributed by atoms with Crippen LogP contribution in [0.2, 0.25) is 0 Å². The van der Waals surface area contributed by atoms with Gasteiger partial charge in [-0.2, -0.15) is 0 Å². The average Bonchev–Trinajstić information content (AvgIpc) is 2.22. The Balaban J connectivity index is 3.47. The molecule has 0 radical (unpaired) electrons. The SMILES string of the molecule is CCC(COC)NCCNC(=O)C(C)C. The lowest BCUT2D eigenvalue weighted by molar-refractivity contribution is -0.123. The molecule has 4 heteroatoms. The molecule has 1 amide bonds. The van der Waals surface area contributed by atoms with E-state index < -0.39 is 0 Å².